The van der Waals surface area contributed by atoms with Crippen LogP contribution in [0, 0.1) is 58.2 Å². The molecule has 1 nitrogen and oxygen atoms in total. The SMILES string of the molecule is C=C[C@H]1C2CC[C@H]3[C@@H]4CC[C@H]([C@H](C)CCCC(C)C)[C@@]4(C)CC[C@@H]3[C@@]2(C)CC[C@H]1O. The fourth-order valence-corrected chi connectivity index (χ4v) is 9.75. The Morgan fingerprint density at radius 3 is 2.23 bits per heavy atom. The molecule has 0 aromatic rings. The molecule has 4 aliphatic carbocycles. The molecule has 0 aromatic carbocycles. The Kier molecular flexibility index (Phi) is 6.53. The lowest BCUT2D eigenvalue weighted by molar-refractivity contribution is -0.144. The summed E-state index contributed by atoms with van der Waals surface area (Å²) in [5.41, 5.74) is 1.02. The van der Waals surface area contributed by atoms with Gasteiger partial charge in [-0.2, -0.15) is 0 Å². The van der Waals surface area contributed by atoms with Crippen molar-refractivity contribution in [1.29, 1.82) is 0 Å². The second-order valence-electron chi connectivity index (χ2n) is 13.0. The molecular weight excluding hydrogens is 364 g/mol. The zero-order valence-electron chi connectivity index (χ0n) is 20.7. The minimum atomic E-state index is -0.145. The molecule has 0 radical (unpaired) electrons. The summed E-state index contributed by atoms with van der Waals surface area (Å²) in [5.74, 6) is 6.49. The van der Waals surface area contributed by atoms with E-state index < -0.39 is 0 Å². The van der Waals surface area contributed by atoms with Crippen LogP contribution in [0.4, 0.5) is 0 Å². The van der Waals surface area contributed by atoms with E-state index >= 15 is 0 Å². The van der Waals surface area contributed by atoms with Crippen molar-refractivity contribution in [2.24, 2.45) is 58.2 Å². The molecule has 0 spiro atoms. The third-order valence-electron chi connectivity index (χ3n) is 11.3. The molecule has 0 saturated heterocycles. The first kappa shape index (κ1) is 22.9. The van der Waals surface area contributed by atoms with E-state index in [0.29, 0.717) is 22.7 Å². The summed E-state index contributed by atoms with van der Waals surface area (Å²) in [7, 11) is 0. The zero-order valence-corrected chi connectivity index (χ0v) is 20.7. The first-order valence-corrected chi connectivity index (χ1v) is 13.5. The minimum absolute atomic E-state index is 0.145. The maximum atomic E-state index is 10.6. The minimum Gasteiger partial charge on any atom is -0.393 e. The first-order chi connectivity index (χ1) is 14.2. The molecule has 0 bridgehead atoms. The Labute approximate surface area is 187 Å². The topological polar surface area (TPSA) is 20.2 Å². The quantitative estimate of drug-likeness (QED) is 0.438. The van der Waals surface area contributed by atoms with Crippen LogP contribution in [0.3, 0.4) is 0 Å². The molecule has 4 rings (SSSR count). The van der Waals surface area contributed by atoms with E-state index in [1.807, 2.05) is 0 Å². The average Bonchev–Trinajstić information content (AvgIpc) is 3.05. The van der Waals surface area contributed by atoms with Crippen molar-refractivity contribution in [2.45, 2.75) is 111 Å². The van der Waals surface area contributed by atoms with Gasteiger partial charge in [-0.05, 0) is 104 Å². The maximum absolute atomic E-state index is 10.6. The summed E-state index contributed by atoms with van der Waals surface area (Å²) in [6.07, 6.45) is 17.1. The van der Waals surface area contributed by atoms with Crippen molar-refractivity contribution >= 4 is 0 Å². The molecule has 1 unspecified atom stereocenters. The van der Waals surface area contributed by atoms with E-state index in [1.54, 1.807) is 0 Å². The monoisotopic (exact) mass is 414 g/mol. The van der Waals surface area contributed by atoms with Gasteiger partial charge in [-0.1, -0.05) is 60.0 Å². The van der Waals surface area contributed by atoms with Crippen molar-refractivity contribution in [1.82, 2.24) is 0 Å². The lowest BCUT2D eigenvalue weighted by atomic mass is 9.43. The number of rotatable bonds is 6. The second kappa shape index (κ2) is 8.57. The Morgan fingerprint density at radius 2 is 1.53 bits per heavy atom. The Balaban J connectivity index is 1.49. The highest BCUT2D eigenvalue weighted by Gasteiger charge is 2.61. The van der Waals surface area contributed by atoms with Crippen LogP contribution in [0.2, 0.25) is 0 Å². The van der Waals surface area contributed by atoms with Gasteiger partial charge >= 0.3 is 0 Å². The molecule has 0 heterocycles. The third kappa shape index (κ3) is 3.64. The summed E-state index contributed by atoms with van der Waals surface area (Å²) in [6.45, 7) is 16.8. The van der Waals surface area contributed by atoms with Crippen molar-refractivity contribution in [2.75, 3.05) is 0 Å². The smallest absolute Gasteiger partial charge is 0.0605 e. The molecule has 10 atom stereocenters. The summed E-state index contributed by atoms with van der Waals surface area (Å²) >= 11 is 0. The molecule has 4 saturated carbocycles. The average molecular weight is 415 g/mol. The van der Waals surface area contributed by atoms with Crippen LogP contribution in [-0.4, -0.2) is 11.2 Å². The zero-order chi connectivity index (χ0) is 21.7. The standard InChI is InChI=1S/C29H50O/c1-7-21-24-12-11-22-25-14-13-23(20(4)10-8-9-19(2)3)28(25,5)17-15-26(22)29(24,6)18-16-27(21)30/h7,19-27,30H,1,8-18H2,2-6H3/t20-,21+,22+,23-,24?,25+,26+,27-,28-,29+/m1/s1. The van der Waals surface area contributed by atoms with Crippen LogP contribution >= 0.6 is 0 Å². The fourth-order valence-electron chi connectivity index (χ4n) is 9.75. The molecule has 4 fully saturated rings. The van der Waals surface area contributed by atoms with Crippen LogP contribution in [-0.2, 0) is 0 Å². The molecule has 1 N–H and O–H groups in total. The van der Waals surface area contributed by atoms with E-state index in [-0.39, 0.29) is 6.10 Å². The molecule has 0 aliphatic heterocycles. The highest BCUT2D eigenvalue weighted by Crippen LogP contribution is 2.69. The van der Waals surface area contributed by atoms with Crippen LogP contribution in [0.15, 0.2) is 12.7 Å². The Morgan fingerprint density at radius 1 is 0.867 bits per heavy atom. The number of aliphatic hydroxyl groups excluding tert-OH is 1. The van der Waals surface area contributed by atoms with Crippen LogP contribution in [0.25, 0.3) is 0 Å². The summed E-state index contributed by atoms with van der Waals surface area (Å²) in [6, 6.07) is 0. The Hall–Kier alpha value is -0.300. The maximum Gasteiger partial charge on any atom is 0.0605 e. The van der Waals surface area contributed by atoms with E-state index in [1.165, 1.54) is 64.2 Å². The number of aliphatic hydroxyl groups is 1. The van der Waals surface area contributed by atoms with Crippen molar-refractivity contribution in [3.05, 3.63) is 12.7 Å². The van der Waals surface area contributed by atoms with Crippen molar-refractivity contribution in [3.63, 3.8) is 0 Å². The van der Waals surface area contributed by atoms with Gasteiger partial charge in [0.1, 0.15) is 0 Å². The first-order valence-electron chi connectivity index (χ1n) is 13.5. The van der Waals surface area contributed by atoms with Gasteiger partial charge in [0.05, 0.1) is 6.10 Å². The second-order valence-corrected chi connectivity index (χ2v) is 13.0. The van der Waals surface area contributed by atoms with E-state index in [4.69, 9.17) is 0 Å². The van der Waals surface area contributed by atoms with Gasteiger partial charge in [-0.15, -0.1) is 6.58 Å². The lowest BCUT2D eigenvalue weighted by Crippen LogP contribution is -2.56. The van der Waals surface area contributed by atoms with Gasteiger partial charge < -0.3 is 5.11 Å². The lowest BCUT2D eigenvalue weighted by Gasteiger charge is -2.62. The molecule has 172 valence electrons. The third-order valence-corrected chi connectivity index (χ3v) is 11.3. The fraction of sp³-hybridized carbons (Fsp3) is 0.931. The van der Waals surface area contributed by atoms with Gasteiger partial charge in [-0.3, -0.25) is 0 Å². The molecule has 0 aromatic heterocycles. The largest absolute Gasteiger partial charge is 0.393 e. The van der Waals surface area contributed by atoms with Crippen molar-refractivity contribution < 1.29 is 5.11 Å². The van der Waals surface area contributed by atoms with E-state index in [0.717, 1.165) is 41.9 Å². The van der Waals surface area contributed by atoms with E-state index in [2.05, 4.69) is 47.3 Å². The van der Waals surface area contributed by atoms with Crippen LogP contribution < -0.4 is 0 Å². The van der Waals surface area contributed by atoms with E-state index in [9.17, 15) is 5.11 Å². The molecule has 1 heteroatoms. The van der Waals surface area contributed by atoms with Crippen molar-refractivity contribution in [3.8, 4) is 0 Å². The summed E-state index contributed by atoms with van der Waals surface area (Å²) in [5, 5.41) is 10.6. The summed E-state index contributed by atoms with van der Waals surface area (Å²) in [4.78, 5) is 0. The molecule has 4 aliphatic rings. The normalized spacial score (nSPS) is 49.2. The van der Waals surface area contributed by atoms with Gasteiger partial charge in [0, 0.05) is 5.92 Å². The molecule has 30 heavy (non-hydrogen) atoms. The van der Waals surface area contributed by atoms with Gasteiger partial charge in [0.2, 0.25) is 0 Å². The van der Waals surface area contributed by atoms with Crippen LogP contribution in [0.1, 0.15) is 105 Å². The van der Waals surface area contributed by atoms with Gasteiger partial charge in [0.25, 0.3) is 0 Å². The highest BCUT2D eigenvalue weighted by atomic mass is 16.3. The predicted molar refractivity (Wildman–Crippen MR) is 128 cm³/mol. The molecule has 0 amide bonds. The number of hydrogen-bond acceptors (Lipinski definition) is 1. The van der Waals surface area contributed by atoms with Gasteiger partial charge in [-0.25, -0.2) is 0 Å². The number of fused-ring (bicyclic) bond motifs is 5. The Bertz CT molecular complexity index is 609. The van der Waals surface area contributed by atoms with Gasteiger partial charge in [0.15, 0.2) is 0 Å². The van der Waals surface area contributed by atoms with Crippen LogP contribution in [0.5, 0.6) is 0 Å². The summed E-state index contributed by atoms with van der Waals surface area (Å²) < 4.78 is 0. The number of hydrogen-bond donors (Lipinski definition) is 1. The highest BCUT2D eigenvalue weighted by molar-refractivity contribution is 5.12. The predicted octanol–water partition coefficient (Wildman–Crippen LogP) is 7.88. The molecular formula is C29H50O.